The van der Waals surface area contributed by atoms with Gasteiger partial charge in [-0.15, -0.1) is 0 Å². The lowest BCUT2D eigenvalue weighted by Gasteiger charge is -2.20. The van der Waals surface area contributed by atoms with E-state index < -0.39 is 5.54 Å². The van der Waals surface area contributed by atoms with Gasteiger partial charge < -0.3 is 9.47 Å². The largest absolute Gasteiger partial charge is 0.468 e. The summed E-state index contributed by atoms with van der Waals surface area (Å²) in [5.74, 6) is -0.328. The van der Waals surface area contributed by atoms with Gasteiger partial charge in [0.15, 0.2) is 5.54 Å². The fraction of sp³-hybridized carbons (Fsp3) is 0.500. The third-order valence-electron chi connectivity index (χ3n) is 4.00. The van der Waals surface area contributed by atoms with Gasteiger partial charge in [-0.3, -0.25) is 5.32 Å². The second-order valence-corrected chi connectivity index (χ2v) is 5.89. The predicted octanol–water partition coefficient (Wildman–Crippen LogP) is 2.73. The van der Waals surface area contributed by atoms with Gasteiger partial charge in [0.25, 0.3) is 0 Å². The molecule has 20 heavy (non-hydrogen) atoms. The van der Waals surface area contributed by atoms with Crippen LogP contribution in [0, 0.1) is 0 Å². The number of esters is 1. The molecule has 0 spiro atoms. The summed E-state index contributed by atoms with van der Waals surface area (Å²) in [7, 11) is 1.38. The summed E-state index contributed by atoms with van der Waals surface area (Å²) in [6.45, 7) is 0.661. The quantitative estimate of drug-likeness (QED) is 0.688. The Morgan fingerprint density at radius 1 is 1.45 bits per heavy atom. The molecule has 1 aromatic rings. The van der Waals surface area contributed by atoms with Gasteiger partial charge in [-0.2, -0.15) is 0 Å². The highest BCUT2D eigenvalue weighted by atomic mass is 35.5. The third-order valence-corrected chi connectivity index (χ3v) is 4.66. The number of ether oxygens (including phenoxy) is 2. The van der Waals surface area contributed by atoms with Crippen molar-refractivity contribution in [1.82, 2.24) is 5.32 Å². The van der Waals surface area contributed by atoms with Gasteiger partial charge in [0.05, 0.1) is 19.3 Å². The summed E-state index contributed by atoms with van der Waals surface area (Å²) in [6.07, 6.45) is 1.56. The Kier molecular flexibility index (Phi) is 3.67. The van der Waals surface area contributed by atoms with E-state index in [1.54, 1.807) is 18.2 Å². The number of nitrogens with one attached hydrogen (secondary N) is 1. The van der Waals surface area contributed by atoms with Gasteiger partial charge in [0.1, 0.15) is 0 Å². The first-order valence-electron chi connectivity index (χ1n) is 6.53. The van der Waals surface area contributed by atoms with Gasteiger partial charge in [-0.1, -0.05) is 29.3 Å². The summed E-state index contributed by atoms with van der Waals surface area (Å²) in [6, 6.07) is 5.04. The number of benzene rings is 1. The summed E-state index contributed by atoms with van der Waals surface area (Å²) in [4.78, 5) is 12.2. The molecule has 6 heteroatoms. The monoisotopic (exact) mass is 315 g/mol. The zero-order valence-corrected chi connectivity index (χ0v) is 12.5. The van der Waals surface area contributed by atoms with E-state index in [4.69, 9.17) is 32.7 Å². The highest BCUT2D eigenvalue weighted by Crippen LogP contribution is 2.51. The second-order valence-electron chi connectivity index (χ2n) is 5.07. The minimum Gasteiger partial charge on any atom is -0.468 e. The number of carbonyl (C=O) groups excluding carboxylic acids is 1. The van der Waals surface area contributed by atoms with Crippen LogP contribution in [0.2, 0.25) is 10.0 Å². The van der Waals surface area contributed by atoms with E-state index in [2.05, 4.69) is 5.32 Å². The minimum absolute atomic E-state index is 0.202. The number of halogens is 2. The topological polar surface area (TPSA) is 57.5 Å². The molecule has 2 heterocycles. The molecule has 0 radical (unpaired) electrons. The van der Waals surface area contributed by atoms with Crippen molar-refractivity contribution in [3.63, 3.8) is 0 Å². The summed E-state index contributed by atoms with van der Waals surface area (Å²) < 4.78 is 10.6. The molecule has 4 nitrogen and oxygen atoms in total. The van der Waals surface area contributed by atoms with Crippen LogP contribution >= 0.6 is 23.2 Å². The highest BCUT2D eigenvalue weighted by molar-refractivity contribution is 6.36. The molecule has 2 saturated heterocycles. The molecule has 2 fully saturated rings. The second kappa shape index (κ2) is 5.19. The van der Waals surface area contributed by atoms with E-state index in [1.165, 1.54) is 7.11 Å². The maximum absolute atomic E-state index is 12.2. The highest BCUT2D eigenvalue weighted by Gasteiger charge is 2.67. The Bertz CT molecular complexity index is 525. The van der Waals surface area contributed by atoms with Crippen LogP contribution < -0.4 is 5.32 Å². The Labute approximate surface area is 127 Å². The summed E-state index contributed by atoms with van der Waals surface area (Å²) in [5.41, 5.74) is -0.128. The van der Waals surface area contributed by atoms with Crippen LogP contribution in [0.1, 0.15) is 24.4 Å². The molecular formula is C14H15Cl2NO3. The van der Waals surface area contributed by atoms with Crippen molar-refractivity contribution in [3.8, 4) is 0 Å². The summed E-state index contributed by atoms with van der Waals surface area (Å²) in [5, 5.41) is 4.29. The SMILES string of the molecule is COC(=O)[C@@]1([C@@H]2CCCO2)N[C@H]1c1c(Cl)cccc1Cl. The van der Waals surface area contributed by atoms with E-state index >= 15 is 0 Å². The van der Waals surface area contributed by atoms with Crippen LogP contribution in [0.4, 0.5) is 0 Å². The Balaban J connectivity index is 1.98. The first kappa shape index (κ1) is 14.1. The van der Waals surface area contributed by atoms with E-state index in [9.17, 15) is 4.79 Å². The van der Waals surface area contributed by atoms with Crippen molar-refractivity contribution in [2.24, 2.45) is 0 Å². The number of methoxy groups -OCH3 is 1. The molecule has 1 N–H and O–H groups in total. The number of rotatable bonds is 3. The number of carbonyl (C=O) groups is 1. The normalized spacial score (nSPS) is 32.1. The Hall–Kier alpha value is -0.810. The van der Waals surface area contributed by atoms with Gasteiger partial charge >= 0.3 is 5.97 Å². The molecule has 108 valence electrons. The minimum atomic E-state index is -0.861. The average Bonchev–Trinajstić information content (AvgIpc) is 2.93. The first-order chi connectivity index (χ1) is 9.61. The number of hydrogen-bond acceptors (Lipinski definition) is 4. The molecule has 2 aliphatic heterocycles. The molecule has 0 aromatic heterocycles. The van der Waals surface area contributed by atoms with Crippen molar-refractivity contribution in [2.75, 3.05) is 13.7 Å². The van der Waals surface area contributed by atoms with Crippen LogP contribution in [-0.4, -0.2) is 31.3 Å². The lowest BCUT2D eigenvalue weighted by molar-refractivity contribution is -0.147. The lowest BCUT2D eigenvalue weighted by atomic mass is 9.92. The van der Waals surface area contributed by atoms with Gasteiger partial charge in [-0.05, 0) is 25.0 Å². The van der Waals surface area contributed by atoms with Gasteiger partial charge in [0, 0.05) is 22.2 Å². The number of hydrogen-bond donors (Lipinski definition) is 1. The maximum atomic E-state index is 12.2. The zero-order chi connectivity index (χ0) is 14.3. The van der Waals surface area contributed by atoms with Crippen molar-refractivity contribution in [2.45, 2.75) is 30.5 Å². The van der Waals surface area contributed by atoms with Crippen LogP contribution in [-0.2, 0) is 14.3 Å². The van der Waals surface area contributed by atoms with Crippen molar-refractivity contribution in [1.29, 1.82) is 0 Å². The Morgan fingerprint density at radius 3 is 2.70 bits per heavy atom. The van der Waals surface area contributed by atoms with Crippen LogP contribution in [0.3, 0.4) is 0 Å². The molecule has 0 aliphatic carbocycles. The van der Waals surface area contributed by atoms with E-state index in [0.717, 1.165) is 18.4 Å². The molecule has 2 aliphatic rings. The summed E-state index contributed by atoms with van der Waals surface area (Å²) >= 11 is 12.5. The first-order valence-corrected chi connectivity index (χ1v) is 7.28. The Morgan fingerprint density at radius 2 is 2.15 bits per heavy atom. The van der Waals surface area contributed by atoms with E-state index in [0.29, 0.717) is 16.7 Å². The van der Waals surface area contributed by atoms with Crippen molar-refractivity contribution in [3.05, 3.63) is 33.8 Å². The lowest BCUT2D eigenvalue weighted by Crippen LogP contribution is -2.41. The molecule has 0 unspecified atom stereocenters. The fourth-order valence-electron chi connectivity index (χ4n) is 2.98. The molecular weight excluding hydrogens is 301 g/mol. The average molecular weight is 316 g/mol. The van der Waals surface area contributed by atoms with Gasteiger partial charge in [-0.25, -0.2) is 4.79 Å². The standard InChI is InChI=1S/C14H15Cl2NO3/c1-19-13(18)14(10-6-3-7-20-10)12(17-14)11-8(15)4-2-5-9(11)16/h2,4-5,10,12,17H,3,6-7H2,1H3/t10-,12-,14-/m0/s1. The predicted molar refractivity (Wildman–Crippen MR) is 76.1 cm³/mol. The fourth-order valence-corrected chi connectivity index (χ4v) is 3.59. The van der Waals surface area contributed by atoms with E-state index in [1.807, 2.05) is 0 Å². The smallest absolute Gasteiger partial charge is 0.330 e. The maximum Gasteiger partial charge on any atom is 0.330 e. The van der Waals surface area contributed by atoms with E-state index in [-0.39, 0.29) is 18.1 Å². The van der Waals surface area contributed by atoms with Crippen LogP contribution in [0.25, 0.3) is 0 Å². The van der Waals surface area contributed by atoms with Crippen LogP contribution in [0.5, 0.6) is 0 Å². The molecule has 3 rings (SSSR count). The van der Waals surface area contributed by atoms with Gasteiger partial charge in [0.2, 0.25) is 0 Å². The zero-order valence-electron chi connectivity index (χ0n) is 11.0. The molecule has 0 amide bonds. The van der Waals surface area contributed by atoms with Crippen molar-refractivity contribution >= 4 is 29.2 Å². The molecule has 0 saturated carbocycles. The third kappa shape index (κ3) is 2.02. The molecule has 1 aromatic carbocycles. The molecule has 0 bridgehead atoms. The molecule has 3 atom stereocenters. The van der Waals surface area contributed by atoms with Crippen LogP contribution in [0.15, 0.2) is 18.2 Å². The van der Waals surface area contributed by atoms with Crippen molar-refractivity contribution < 1.29 is 14.3 Å².